The third-order valence-corrected chi connectivity index (χ3v) is 1.37. The van der Waals surface area contributed by atoms with Gasteiger partial charge in [0.15, 0.2) is 0 Å². The minimum Gasteiger partial charge on any atom is -0.492 e. The second-order valence-electron chi connectivity index (χ2n) is 2.55. The quantitative estimate of drug-likeness (QED) is 0.747. The zero-order valence-corrected chi connectivity index (χ0v) is 7.77. The molecule has 0 aliphatic rings. The van der Waals surface area contributed by atoms with E-state index >= 15 is 0 Å². The molecule has 0 fully saturated rings. The minimum atomic E-state index is -1.38. The molecule has 1 rings (SSSR count). The Balaban J connectivity index is 2.54. The average Bonchev–Trinajstić information content (AvgIpc) is 2.16. The lowest BCUT2D eigenvalue weighted by molar-refractivity contribution is 0.142. The van der Waals surface area contributed by atoms with Crippen molar-refractivity contribution in [3.8, 4) is 11.6 Å². The van der Waals surface area contributed by atoms with Crippen molar-refractivity contribution in [3.63, 3.8) is 0 Å². The number of carboxylic acid groups (broad SMARTS) is 1. The van der Waals surface area contributed by atoms with Crippen LogP contribution in [0.3, 0.4) is 0 Å². The van der Waals surface area contributed by atoms with Gasteiger partial charge in [0, 0.05) is 6.07 Å². The maximum atomic E-state index is 10.1. The number of hydrogen-bond donors (Lipinski definition) is 1. The first kappa shape index (κ1) is 10.3. The molecular weight excluding hydrogens is 186 g/mol. The molecule has 5 nitrogen and oxygen atoms in total. The highest BCUT2D eigenvalue weighted by Gasteiger charge is 2.01. The maximum Gasteiger partial charge on any atom is 0.512 e. The van der Waals surface area contributed by atoms with Crippen molar-refractivity contribution in [3.05, 3.63) is 18.3 Å². The molecule has 0 atom stereocenters. The van der Waals surface area contributed by atoms with Crippen molar-refractivity contribution >= 4 is 6.16 Å². The van der Waals surface area contributed by atoms with Crippen LogP contribution in [0.1, 0.15) is 13.3 Å². The number of aromatic nitrogens is 1. The summed E-state index contributed by atoms with van der Waals surface area (Å²) >= 11 is 0. The van der Waals surface area contributed by atoms with Gasteiger partial charge in [-0.25, -0.2) is 9.78 Å². The highest BCUT2D eigenvalue weighted by Crippen LogP contribution is 2.13. The molecule has 0 aliphatic carbocycles. The van der Waals surface area contributed by atoms with Gasteiger partial charge in [-0.1, -0.05) is 6.92 Å². The zero-order chi connectivity index (χ0) is 10.4. The summed E-state index contributed by atoms with van der Waals surface area (Å²) in [6.07, 6.45) is 0.959. The number of nitrogens with zero attached hydrogens (tertiary/aromatic N) is 1. The van der Waals surface area contributed by atoms with Crippen LogP contribution >= 0.6 is 0 Å². The Kier molecular flexibility index (Phi) is 3.72. The molecule has 0 unspecified atom stereocenters. The Bertz CT molecular complexity index is 296. The van der Waals surface area contributed by atoms with Gasteiger partial charge < -0.3 is 14.6 Å². The van der Waals surface area contributed by atoms with Gasteiger partial charge in [0.05, 0.1) is 12.8 Å². The first-order chi connectivity index (χ1) is 6.72. The van der Waals surface area contributed by atoms with Crippen LogP contribution in [0.5, 0.6) is 11.6 Å². The normalized spacial score (nSPS) is 9.50. The molecule has 0 aromatic carbocycles. The summed E-state index contributed by atoms with van der Waals surface area (Å²) in [5, 5.41) is 8.28. The van der Waals surface area contributed by atoms with Crippen molar-refractivity contribution in [1.29, 1.82) is 0 Å². The van der Waals surface area contributed by atoms with Crippen molar-refractivity contribution < 1.29 is 19.4 Å². The Hall–Kier alpha value is -1.78. The molecule has 1 aromatic heterocycles. The minimum absolute atomic E-state index is 0.0429. The summed E-state index contributed by atoms with van der Waals surface area (Å²) in [7, 11) is 0. The first-order valence-corrected chi connectivity index (χ1v) is 4.22. The number of ether oxygens (including phenoxy) is 2. The average molecular weight is 197 g/mol. The van der Waals surface area contributed by atoms with E-state index in [0.717, 1.165) is 6.42 Å². The predicted octanol–water partition coefficient (Wildman–Crippen LogP) is 1.93. The van der Waals surface area contributed by atoms with E-state index in [-0.39, 0.29) is 5.88 Å². The largest absolute Gasteiger partial charge is 0.512 e. The first-order valence-electron chi connectivity index (χ1n) is 4.22. The van der Waals surface area contributed by atoms with Crippen LogP contribution in [0.15, 0.2) is 18.3 Å². The predicted molar refractivity (Wildman–Crippen MR) is 48.7 cm³/mol. The van der Waals surface area contributed by atoms with Crippen molar-refractivity contribution in [2.75, 3.05) is 6.61 Å². The Morgan fingerprint density at radius 2 is 2.36 bits per heavy atom. The maximum absolute atomic E-state index is 10.1. The number of carbonyl (C=O) groups is 1. The van der Waals surface area contributed by atoms with Gasteiger partial charge in [0.2, 0.25) is 5.88 Å². The van der Waals surface area contributed by atoms with E-state index in [0.29, 0.717) is 12.4 Å². The topological polar surface area (TPSA) is 68.7 Å². The van der Waals surface area contributed by atoms with Crippen molar-refractivity contribution in [2.24, 2.45) is 0 Å². The molecular formula is C9H11NO4. The smallest absolute Gasteiger partial charge is 0.492 e. The number of pyridine rings is 1. The highest BCUT2D eigenvalue weighted by molar-refractivity contribution is 5.60. The van der Waals surface area contributed by atoms with Crippen LogP contribution in [0.25, 0.3) is 0 Å². The Morgan fingerprint density at radius 1 is 1.57 bits per heavy atom. The summed E-state index contributed by atoms with van der Waals surface area (Å²) in [6.45, 7) is 2.61. The van der Waals surface area contributed by atoms with Crippen molar-refractivity contribution in [1.82, 2.24) is 4.98 Å². The summed E-state index contributed by atoms with van der Waals surface area (Å²) in [5.41, 5.74) is 0. The van der Waals surface area contributed by atoms with Crippen molar-refractivity contribution in [2.45, 2.75) is 13.3 Å². The molecule has 0 spiro atoms. The molecule has 0 aliphatic heterocycles. The van der Waals surface area contributed by atoms with Gasteiger partial charge in [-0.05, 0) is 12.5 Å². The van der Waals surface area contributed by atoms with Gasteiger partial charge >= 0.3 is 6.16 Å². The molecule has 0 saturated heterocycles. The van der Waals surface area contributed by atoms with Crippen LogP contribution < -0.4 is 9.47 Å². The second kappa shape index (κ2) is 5.06. The summed E-state index contributed by atoms with van der Waals surface area (Å²) < 4.78 is 9.57. The van der Waals surface area contributed by atoms with E-state index in [1.807, 2.05) is 6.92 Å². The Morgan fingerprint density at radius 3 is 2.86 bits per heavy atom. The van der Waals surface area contributed by atoms with Gasteiger partial charge in [-0.15, -0.1) is 0 Å². The lowest BCUT2D eigenvalue weighted by Gasteiger charge is -2.03. The molecule has 5 heteroatoms. The van der Waals surface area contributed by atoms with Crippen LogP contribution in [0.2, 0.25) is 0 Å². The third kappa shape index (κ3) is 3.30. The molecule has 76 valence electrons. The molecule has 0 radical (unpaired) electrons. The van der Waals surface area contributed by atoms with E-state index in [4.69, 9.17) is 9.84 Å². The molecule has 14 heavy (non-hydrogen) atoms. The fraction of sp³-hybridized carbons (Fsp3) is 0.333. The SMILES string of the molecule is CCCOc1ccc(OC(=O)O)nc1. The van der Waals surface area contributed by atoms with E-state index in [9.17, 15) is 4.79 Å². The van der Waals surface area contributed by atoms with E-state index in [1.54, 1.807) is 6.07 Å². The lowest BCUT2D eigenvalue weighted by Crippen LogP contribution is -2.04. The molecule has 1 heterocycles. The summed E-state index contributed by atoms with van der Waals surface area (Å²) in [4.78, 5) is 13.9. The zero-order valence-electron chi connectivity index (χ0n) is 7.77. The lowest BCUT2D eigenvalue weighted by atomic mass is 10.4. The van der Waals surface area contributed by atoms with Gasteiger partial charge in [0.1, 0.15) is 5.75 Å². The monoisotopic (exact) mass is 197 g/mol. The molecule has 0 amide bonds. The summed E-state index contributed by atoms with van der Waals surface area (Å²) in [6, 6.07) is 3.06. The molecule has 0 saturated carbocycles. The fourth-order valence-electron chi connectivity index (χ4n) is 0.822. The van der Waals surface area contributed by atoms with E-state index < -0.39 is 6.16 Å². The van der Waals surface area contributed by atoms with Gasteiger partial charge in [-0.2, -0.15) is 0 Å². The van der Waals surface area contributed by atoms with Crippen LogP contribution in [-0.2, 0) is 0 Å². The highest BCUT2D eigenvalue weighted by atomic mass is 16.7. The van der Waals surface area contributed by atoms with E-state index in [1.165, 1.54) is 12.3 Å². The van der Waals surface area contributed by atoms with Crippen LogP contribution in [0, 0.1) is 0 Å². The summed E-state index contributed by atoms with van der Waals surface area (Å²) in [5.74, 6) is 0.644. The second-order valence-corrected chi connectivity index (χ2v) is 2.55. The van der Waals surface area contributed by atoms with Crippen LogP contribution in [-0.4, -0.2) is 22.9 Å². The third-order valence-electron chi connectivity index (χ3n) is 1.37. The van der Waals surface area contributed by atoms with Gasteiger partial charge in [-0.3, -0.25) is 0 Å². The number of hydrogen-bond acceptors (Lipinski definition) is 4. The standard InChI is InChI=1S/C9H11NO4/c1-2-5-13-7-3-4-8(10-6-7)14-9(11)12/h3-4,6H,2,5H2,1H3,(H,11,12). The fourth-order valence-corrected chi connectivity index (χ4v) is 0.822. The molecule has 0 bridgehead atoms. The number of rotatable bonds is 4. The molecule has 1 aromatic rings. The van der Waals surface area contributed by atoms with Crippen LogP contribution in [0.4, 0.5) is 4.79 Å². The van der Waals surface area contributed by atoms with E-state index in [2.05, 4.69) is 9.72 Å². The Labute approximate surface area is 81.3 Å². The molecule has 1 N–H and O–H groups in total. The van der Waals surface area contributed by atoms with Gasteiger partial charge in [0.25, 0.3) is 0 Å².